The second kappa shape index (κ2) is 3.84. The lowest BCUT2D eigenvalue weighted by molar-refractivity contribution is 0.752. The molecular weight excluding hydrogens is 275 g/mol. The number of hydrogen-bond donors (Lipinski definition) is 1. The highest BCUT2D eigenvalue weighted by Crippen LogP contribution is 2.21. The smallest absolute Gasteiger partial charge is 0.0377 e. The van der Waals surface area contributed by atoms with Gasteiger partial charge in [-0.3, -0.25) is 0 Å². The van der Waals surface area contributed by atoms with E-state index in [0.29, 0.717) is 6.04 Å². The van der Waals surface area contributed by atoms with E-state index >= 15 is 0 Å². The van der Waals surface area contributed by atoms with Gasteiger partial charge in [-0.2, -0.15) is 0 Å². The first-order valence-electron chi connectivity index (χ1n) is 4.52. The molecule has 1 fully saturated rings. The third kappa shape index (κ3) is 2.14. The molecule has 13 heavy (non-hydrogen) atoms. The summed E-state index contributed by atoms with van der Waals surface area (Å²) in [6, 6.07) is 8.93. The maximum Gasteiger partial charge on any atom is 0.0377 e. The van der Waals surface area contributed by atoms with Crippen molar-refractivity contribution in [2.45, 2.75) is 12.5 Å². The lowest BCUT2D eigenvalue weighted by atomic mass is 10.3. The molecule has 1 aliphatic rings. The Labute approximate surface area is 92.2 Å². The first-order chi connectivity index (χ1) is 6.25. The third-order valence-electron chi connectivity index (χ3n) is 2.40. The summed E-state index contributed by atoms with van der Waals surface area (Å²) < 4.78 is 1.29. The summed E-state index contributed by atoms with van der Waals surface area (Å²) in [4.78, 5) is 2.35. The topological polar surface area (TPSA) is 29.3 Å². The summed E-state index contributed by atoms with van der Waals surface area (Å²) in [5, 5.41) is 0. The summed E-state index contributed by atoms with van der Waals surface area (Å²) in [5.41, 5.74) is 7.16. The number of hydrogen-bond acceptors (Lipinski definition) is 2. The fraction of sp³-hybridized carbons (Fsp3) is 0.400. The van der Waals surface area contributed by atoms with E-state index in [4.69, 9.17) is 5.73 Å². The van der Waals surface area contributed by atoms with Gasteiger partial charge >= 0.3 is 0 Å². The predicted octanol–water partition coefficient (Wildman–Crippen LogP) is 1.83. The Morgan fingerprint density at radius 1 is 1.46 bits per heavy atom. The van der Waals surface area contributed by atoms with Crippen molar-refractivity contribution in [1.82, 2.24) is 0 Å². The Bertz CT molecular complexity index is 301. The van der Waals surface area contributed by atoms with Gasteiger partial charge in [-0.15, -0.1) is 0 Å². The number of rotatable bonds is 1. The Morgan fingerprint density at radius 3 is 2.92 bits per heavy atom. The molecule has 2 N–H and O–H groups in total. The summed E-state index contributed by atoms with van der Waals surface area (Å²) in [5.74, 6) is 0. The summed E-state index contributed by atoms with van der Waals surface area (Å²) in [7, 11) is 0. The van der Waals surface area contributed by atoms with Crippen LogP contribution in [-0.2, 0) is 0 Å². The Hall–Kier alpha value is -0.290. The van der Waals surface area contributed by atoms with Gasteiger partial charge in [-0.25, -0.2) is 0 Å². The van der Waals surface area contributed by atoms with Crippen LogP contribution in [0.5, 0.6) is 0 Å². The van der Waals surface area contributed by atoms with Crippen molar-refractivity contribution in [2.75, 3.05) is 18.0 Å². The minimum absolute atomic E-state index is 0.359. The molecule has 1 unspecified atom stereocenters. The lowest BCUT2D eigenvalue weighted by Gasteiger charge is -2.17. The number of benzene rings is 1. The van der Waals surface area contributed by atoms with E-state index in [0.717, 1.165) is 19.5 Å². The van der Waals surface area contributed by atoms with Gasteiger partial charge in [0, 0.05) is 28.4 Å². The van der Waals surface area contributed by atoms with Gasteiger partial charge in [0.25, 0.3) is 0 Å². The molecule has 0 radical (unpaired) electrons. The molecule has 1 aliphatic heterocycles. The van der Waals surface area contributed by atoms with Crippen LogP contribution in [0.1, 0.15) is 6.42 Å². The van der Waals surface area contributed by atoms with Crippen molar-refractivity contribution in [3.8, 4) is 0 Å². The maximum atomic E-state index is 5.86. The number of anilines is 1. The Kier molecular flexibility index (Phi) is 2.74. The zero-order valence-corrected chi connectivity index (χ0v) is 9.57. The van der Waals surface area contributed by atoms with Crippen LogP contribution in [-0.4, -0.2) is 19.1 Å². The van der Waals surface area contributed by atoms with E-state index in [1.165, 1.54) is 9.26 Å². The molecule has 0 spiro atoms. The van der Waals surface area contributed by atoms with E-state index in [-0.39, 0.29) is 0 Å². The van der Waals surface area contributed by atoms with Crippen molar-refractivity contribution in [2.24, 2.45) is 5.73 Å². The van der Waals surface area contributed by atoms with E-state index < -0.39 is 0 Å². The second-order valence-electron chi connectivity index (χ2n) is 3.47. The van der Waals surface area contributed by atoms with Crippen LogP contribution in [0.15, 0.2) is 24.3 Å². The van der Waals surface area contributed by atoms with E-state index in [9.17, 15) is 0 Å². The standard InChI is InChI=1S/C10H13IN2/c11-8-2-1-3-10(6-8)13-5-4-9(12)7-13/h1-3,6,9H,4-5,7,12H2. The van der Waals surface area contributed by atoms with Gasteiger partial charge in [0.2, 0.25) is 0 Å². The van der Waals surface area contributed by atoms with E-state index in [2.05, 4.69) is 51.8 Å². The maximum absolute atomic E-state index is 5.86. The van der Waals surface area contributed by atoms with Crippen molar-refractivity contribution in [3.63, 3.8) is 0 Å². The number of nitrogens with two attached hydrogens (primary N) is 1. The average Bonchev–Trinajstić information content (AvgIpc) is 2.52. The highest BCUT2D eigenvalue weighted by molar-refractivity contribution is 14.1. The largest absolute Gasteiger partial charge is 0.370 e. The molecule has 0 aromatic heterocycles. The summed E-state index contributed by atoms with van der Waals surface area (Å²) >= 11 is 2.34. The highest BCUT2D eigenvalue weighted by atomic mass is 127. The SMILES string of the molecule is NC1CCN(c2cccc(I)c2)C1. The van der Waals surface area contributed by atoms with Crippen LogP contribution in [0.2, 0.25) is 0 Å². The molecule has 1 heterocycles. The summed E-state index contributed by atoms with van der Waals surface area (Å²) in [6.45, 7) is 2.10. The second-order valence-corrected chi connectivity index (χ2v) is 4.72. The van der Waals surface area contributed by atoms with E-state index in [1.807, 2.05) is 0 Å². The Balaban J connectivity index is 2.16. The molecule has 1 saturated heterocycles. The fourth-order valence-electron chi connectivity index (χ4n) is 1.69. The van der Waals surface area contributed by atoms with Gasteiger partial charge in [0.15, 0.2) is 0 Å². The van der Waals surface area contributed by atoms with Crippen LogP contribution >= 0.6 is 22.6 Å². The first kappa shape index (κ1) is 9.27. The van der Waals surface area contributed by atoms with Crippen LogP contribution in [0.4, 0.5) is 5.69 Å². The number of nitrogens with zero attached hydrogens (tertiary/aromatic N) is 1. The highest BCUT2D eigenvalue weighted by Gasteiger charge is 2.18. The van der Waals surface area contributed by atoms with Gasteiger partial charge < -0.3 is 10.6 Å². The van der Waals surface area contributed by atoms with Crippen molar-refractivity contribution >= 4 is 28.3 Å². The molecule has 70 valence electrons. The van der Waals surface area contributed by atoms with Crippen LogP contribution in [0, 0.1) is 3.57 Å². The van der Waals surface area contributed by atoms with Crippen molar-refractivity contribution < 1.29 is 0 Å². The zero-order chi connectivity index (χ0) is 9.26. The molecule has 0 bridgehead atoms. The molecule has 1 aromatic carbocycles. The average molecular weight is 288 g/mol. The van der Waals surface area contributed by atoms with Gasteiger partial charge in [-0.05, 0) is 47.2 Å². The van der Waals surface area contributed by atoms with E-state index in [1.54, 1.807) is 0 Å². The minimum Gasteiger partial charge on any atom is -0.370 e. The molecule has 3 heteroatoms. The molecule has 2 rings (SSSR count). The molecule has 2 nitrogen and oxygen atoms in total. The normalized spacial score (nSPS) is 22.3. The van der Waals surface area contributed by atoms with Gasteiger partial charge in [0.05, 0.1) is 0 Å². The predicted molar refractivity (Wildman–Crippen MR) is 64.0 cm³/mol. The Morgan fingerprint density at radius 2 is 2.31 bits per heavy atom. The molecule has 0 saturated carbocycles. The quantitative estimate of drug-likeness (QED) is 0.799. The van der Waals surface area contributed by atoms with Crippen molar-refractivity contribution in [3.05, 3.63) is 27.8 Å². The van der Waals surface area contributed by atoms with Gasteiger partial charge in [-0.1, -0.05) is 6.07 Å². The molecule has 0 aliphatic carbocycles. The minimum atomic E-state index is 0.359. The van der Waals surface area contributed by atoms with Gasteiger partial charge in [0.1, 0.15) is 0 Å². The van der Waals surface area contributed by atoms with Crippen molar-refractivity contribution in [1.29, 1.82) is 0 Å². The van der Waals surface area contributed by atoms with Crippen LogP contribution < -0.4 is 10.6 Å². The lowest BCUT2D eigenvalue weighted by Crippen LogP contribution is -2.26. The molecule has 0 amide bonds. The van der Waals surface area contributed by atoms with Crippen LogP contribution in [0.25, 0.3) is 0 Å². The zero-order valence-electron chi connectivity index (χ0n) is 7.41. The monoisotopic (exact) mass is 288 g/mol. The fourth-order valence-corrected chi connectivity index (χ4v) is 2.22. The molecule has 1 aromatic rings. The molecule has 1 atom stereocenters. The first-order valence-corrected chi connectivity index (χ1v) is 5.59. The van der Waals surface area contributed by atoms with Crippen LogP contribution in [0.3, 0.4) is 0 Å². The summed E-state index contributed by atoms with van der Waals surface area (Å²) in [6.07, 6.45) is 1.12. The number of halogens is 1. The third-order valence-corrected chi connectivity index (χ3v) is 3.07. The molecular formula is C10H13IN2.